The molecule has 3 nitrogen and oxygen atoms in total. The molecule has 0 aliphatic carbocycles. The van der Waals surface area contributed by atoms with Crippen molar-refractivity contribution < 1.29 is 4.74 Å². The van der Waals surface area contributed by atoms with Crippen LogP contribution in [-0.4, -0.2) is 49.8 Å². The number of rotatable bonds is 7. The molecule has 0 aromatic heterocycles. The first-order valence-electron chi connectivity index (χ1n) is 7.47. The zero-order chi connectivity index (χ0) is 13.7. The minimum atomic E-state index is 0.383. The van der Waals surface area contributed by atoms with Crippen molar-refractivity contribution in [1.82, 2.24) is 10.2 Å². The standard InChI is InChI=1S/C15H32N2O/c1-11(2)9-16-10-12(3)13(4)17(6)15-7-8-18-14(15)5/h11-16H,7-10H2,1-6H3. The molecule has 4 unspecified atom stereocenters. The summed E-state index contributed by atoms with van der Waals surface area (Å²) < 4.78 is 5.67. The molecule has 0 saturated carbocycles. The molecule has 0 spiro atoms. The lowest BCUT2D eigenvalue weighted by Crippen LogP contribution is -2.47. The van der Waals surface area contributed by atoms with Crippen LogP contribution in [0.1, 0.15) is 41.0 Å². The zero-order valence-corrected chi connectivity index (χ0v) is 13.1. The lowest BCUT2D eigenvalue weighted by molar-refractivity contribution is 0.0592. The van der Waals surface area contributed by atoms with Gasteiger partial charge < -0.3 is 10.1 Å². The predicted molar refractivity (Wildman–Crippen MR) is 77.9 cm³/mol. The smallest absolute Gasteiger partial charge is 0.0703 e. The average Bonchev–Trinajstić information content (AvgIpc) is 2.72. The molecular weight excluding hydrogens is 224 g/mol. The van der Waals surface area contributed by atoms with E-state index < -0.39 is 0 Å². The molecule has 1 fully saturated rings. The maximum absolute atomic E-state index is 5.67. The maximum Gasteiger partial charge on any atom is 0.0703 e. The highest BCUT2D eigenvalue weighted by Crippen LogP contribution is 2.22. The SMILES string of the molecule is CC(C)CNCC(C)C(C)N(C)C1CCOC1C. The Labute approximate surface area is 113 Å². The van der Waals surface area contributed by atoms with E-state index in [0.29, 0.717) is 24.1 Å². The molecule has 0 bridgehead atoms. The Bertz CT molecular complexity index is 233. The van der Waals surface area contributed by atoms with Gasteiger partial charge in [-0.25, -0.2) is 0 Å². The number of nitrogens with one attached hydrogen (secondary N) is 1. The summed E-state index contributed by atoms with van der Waals surface area (Å²) in [6.07, 6.45) is 1.56. The molecule has 1 N–H and O–H groups in total. The molecule has 0 aromatic rings. The van der Waals surface area contributed by atoms with Gasteiger partial charge in [-0.2, -0.15) is 0 Å². The normalized spacial score (nSPS) is 28.0. The average molecular weight is 256 g/mol. The summed E-state index contributed by atoms with van der Waals surface area (Å²) in [5.74, 6) is 1.40. The second-order valence-electron chi connectivity index (χ2n) is 6.37. The largest absolute Gasteiger partial charge is 0.377 e. The van der Waals surface area contributed by atoms with Gasteiger partial charge in [0.15, 0.2) is 0 Å². The molecule has 3 heteroatoms. The van der Waals surface area contributed by atoms with Crippen molar-refractivity contribution in [2.45, 2.75) is 59.2 Å². The Morgan fingerprint density at radius 2 is 1.89 bits per heavy atom. The molecule has 1 aliphatic heterocycles. The third kappa shape index (κ3) is 4.52. The quantitative estimate of drug-likeness (QED) is 0.757. The Morgan fingerprint density at radius 3 is 2.39 bits per heavy atom. The van der Waals surface area contributed by atoms with E-state index in [1.54, 1.807) is 0 Å². The summed E-state index contributed by atoms with van der Waals surface area (Å²) >= 11 is 0. The summed E-state index contributed by atoms with van der Waals surface area (Å²) in [6.45, 7) is 14.5. The molecule has 4 atom stereocenters. The van der Waals surface area contributed by atoms with Gasteiger partial charge in [-0.3, -0.25) is 4.90 Å². The first-order valence-corrected chi connectivity index (χ1v) is 7.47. The molecule has 108 valence electrons. The van der Waals surface area contributed by atoms with E-state index in [9.17, 15) is 0 Å². The molecule has 18 heavy (non-hydrogen) atoms. The fraction of sp³-hybridized carbons (Fsp3) is 1.00. The summed E-state index contributed by atoms with van der Waals surface area (Å²) in [7, 11) is 2.25. The van der Waals surface area contributed by atoms with Crippen LogP contribution in [0.4, 0.5) is 0 Å². The van der Waals surface area contributed by atoms with E-state index >= 15 is 0 Å². The van der Waals surface area contributed by atoms with Gasteiger partial charge in [0, 0.05) is 18.7 Å². The summed E-state index contributed by atoms with van der Waals surface area (Å²) in [4.78, 5) is 2.51. The number of likely N-dealkylation sites (N-methyl/N-ethyl adjacent to an activating group) is 1. The van der Waals surface area contributed by atoms with Crippen LogP contribution in [0.3, 0.4) is 0 Å². The van der Waals surface area contributed by atoms with Crippen LogP contribution in [0.25, 0.3) is 0 Å². The summed E-state index contributed by atoms with van der Waals surface area (Å²) in [5, 5.41) is 3.56. The third-order valence-corrected chi connectivity index (χ3v) is 4.34. The highest BCUT2D eigenvalue weighted by Gasteiger charge is 2.31. The Hall–Kier alpha value is -0.120. The minimum Gasteiger partial charge on any atom is -0.377 e. The first-order chi connectivity index (χ1) is 8.43. The van der Waals surface area contributed by atoms with Crippen molar-refractivity contribution in [3.8, 4) is 0 Å². The lowest BCUT2D eigenvalue weighted by atomic mass is 9.99. The van der Waals surface area contributed by atoms with Gasteiger partial charge in [-0.05, 0) is 52.2 Å². The Balaban J connectivity index is 2.35. The maximum atomic E-state index is 5.67. The molecular formula is C15H32N2O. The van der Waals surface area contributed by atoms with E-state index in [-0.39, 0.29) is 0 Å². The fourth-order valence-corrected chi connectivity index (χ4v) is 2.73. The zero-order valence-electron chi connectivity index (χ0n) is 13.1. The molecule has 0 amide bonds. The predicted octanol–water partition coefficient (Wildman–Crippen LogP) is 2.37. The van der Waals surface area contributed by atoms with Gasteiger partial charge in [0.25, 0.3) is 0 Å². The van der Waals surface area contributed by atoms with Gasteiger partial charge >= 0.3 is 0 Å². The first kappa shape index (κ1) is 15.9. The second kappa shape index (κ2) is 7.46. The molecule has 0 radical (unpaired) electrons. The van der Waals surface area contributed by atoms with Gasteiger partial charge in [-0.1, -0.05) is 20.8 Å². The number of hydrogen-bond acceptors (Lipinski definition) is 3. The molecule has 1 saturated heterocycles. The van der Waals surface area contributed by atoms with Crippen molar-refractivity contribution in [2.24, 2.45) is 11.8 Å². The molecule has 0 aromatic carbocycles. The van der Waals surface area contributed by atoms with Crippen LogP contribution in [0.2, 0.25) is 0 Å². The van der Waals surface area contributed by atoms with Crippen LogP contribution in [0, 0.1) is 11.8 Å². The van der Waals surface area contributed by atoms with Crippen LogP contribution in [0.5, 0.6) is 0 Å². The van der Waals surface area contributed by atoms with E-state index in [4.69, 9.17) is 4.74 Å². The van der Waals surface area contributed by atoms with Crippen molar-refractivity contribution in [1.29, 1.82) is 0 Å². The monoisotopic (exact) mass is 256 g/mol. The second-order valence-corrected chi connectivity index (χ2v) is 6.37. The van der Waals surface area contributed by atoms with Crippen molar-refractivity contribution >= 4 is 0 Å². The van der Waals surface area contributed by atoms with Gasteiger partial charge in [0.05, 0.1) is 6.10 Å². The van der Waals surface area contributed by atoms with Crippen LogP contribution in [0.15, 0.2) is 0 Å². The summed E-state index contributed by atoms with van der Waals surface area (Å²) in [6, 6.07) is 1.19. The van der Waals surface area contributed by atoms with Crippen molar-refractivity contribution in [3.63, 3.8) is 0 Å². The lowest BCUT2D eigenvalue weighted by Gasteiger charge is -2.36. The topological polar surface area (TPSA) is 24.5 Å². The number of nitrogens with zero attached hydrogens (tertiary/aromatic N) is 1. The van der Waals surface area contributed by atoms with E-state index in [0.717, 1.165) is 25.6 Å². The molecule has 1 rings (SSSR count). The van der Waals surface area contributed by atoms with E-state index in [2.05, 4.69) is 51.9 Å². The van der Waals surface area contributed by atoms with E-state index in [1.807, 2.05) is 0 Å². The highest BCUT2D eigenvalue weighted by molar-refractivity contribution is 4.85. The Kier molecular flexibility index (Phi) is 6.61. The highest BCUT2D eigenvalue weighted by atomic mass is 16.5. The van der Waals surface area contributed by atoms with Gasteiger partial charge in [0.2, 0.25) is 0 Å². The fourth-order valence-electron chi connectivity index (χ4n) is 2.73. The summed E-state index contributed by atoms with van der Waals surface area (Å²) in [5.41, 5.74) is 0. The molecule has 1 aliphatic rings. The Morgan fingerprint density at radius 1 is 1.22 bits per heavy atom. The van der Waals surface area contributed by atoms with Crippen LogP contribution >= 0.6 is 0 Å². The van der Waals surface area contributed by atoms with Crippen LogP contribution < -0.4 is 5.32 Å². The van der Waals surface area contributed by atoms with Crippen LogP contribution in [-0.2, 0) is 4.74 Å². The van der Waals surface area contributed by atoms with Gasteiger partial charge in [-0.15, -0.1) is 0 Å². The van der Waals surface area contributed by atoms with E-state index in [1.165, 1.54) is 6.42 Å². The molecule has 1 heterocycles. The van der Waals surface area contributed by atoms with Crippen molar-refractivity contribution in [3.05, 3.63) is 0 Å². The van der Waals surface area contributed by atoms with Crippen molar-refractivity contribution in [2.75, 3.05) is 26.7 Å². The third-order valence-electron chi connectivity index (χ3n) is 4.34. The van der Waals surface area contributed by atoms with Gasteiger partial charge in [0.1, 0.15) is 0 Å². The number of ether oxygens (including phenoxy) is 1. The minimum absolute atomic E-state index is 0.383. The number of hydrogen-bond donors (Lipinski definition) is 1.